The van der Waals surface area contributed by atoms with Gasteiger partial charge in [0.05, 0.1) is 5.69 Å². The lowest BCUT2D eigenvalue weighted by atomic mass is 9.98. The summed E-state index contributed by atoms with van der Waals surface area (Å²) in [6, 6.07) is 6.96. The van der Waals surface area contributed by atoms with Gasteiger partial charge in [-0.1, -0.05) is 28.9 Å². The molecule has 0 radical (unpaired) electrons. The van der Waals surface area contributed by atoms with Crippen molar-refractivity contribution in [3.63, 3.8) is 0 Å². The fourth-order valence-corrected chi connectivity index (χ4v) is 4.70. The lowest BCUT2D eigenvalue weighted by Gasteiger charge is -2.22. The van der Waals surface area contributed by atoms with Gasteiger partial charge >= 0.3 is 0 Å². The van der Waals surface area contributed by atoms with E-state index in [0.29, 0.717) is 6.04 Å². The van der Waals surface area contributed by atoms with E-state index in [9.17, 15) is 0 Å². The van der Waals surface area contributed by atoms with Crippen molar-refractivity contribution in [3.05, 3.63) is 38.8 Å². The Labute approximate surface area is 139 Å². The maximum Gasteiger partial charge on any atom is 0.124 e. The predicted molar refractivity (Wildman–Crippen MR) is 94.0 cm³/mol. The number of benzene rings is 1. The van der Waals surface area contributed by atoms with Gasteiger partial charge in [-0.05, 0) is 56.8 Å². The zero-order valence-electron chi connectivity index (χ0n) is 12.6. The number of thiazole rings is 1. The van der Waals surface area contributed by atoms with Gasteiger partial charge in [0.1, 0.15) is 5.01 Å². The van der Waals surface area contributed by atoms with Gasteiger partial charge in [0.2, 0.25) is 0 Å². The number of hydrogen-bond donors (Lipinski definition) is 1. The molecular formula is C17H21BrN2S. The molecule has 0 spiro atoms. The Morgan fingerprint density at radius 2 is 2.29 bits per heavy atom. The molecule has 0 amide bonds. The molecule has 1 unspecified atom stereocenters. The predicted octanol–water partition coefficient (Wildman–Crippen LogP) is 5.26. The molecule has 1 heterocycles. The summed E-state index contributed by atoms with van der Waals surface area (Å²) in [6.07, 6.45) is 4.81. The zero-order chi connectivity index (χ0) is 14.8. The van der Waals surface area contributed by atoms with Crippen molar-refractivity contribution in [1.29, 1.82) is 0 Å². The van der Waals surface area contributed by atoms with Crippen molar-refractivity contribution in [1.82, 2.24) is 10.3 Å². The highest BCUT2D eigenvalue weighted by Gasteiger charge is 2.24. The number of fused-ring (bicyclic) bond motifs is 1. The van der Waals surface area contributed by atoms with Gasteiger partial charge in [-0.25, -0.2) is 4.98 Å². The van der Waals surface area contributed by atoms with Crippen LogP contribution in [0.15, 0.2) is 22.7 Å². The summed E-state index contributed by atoms with van der Waals surface area (Å²) < 4.78 is 1.13. The molecule has 0 bridgehead atoms. The maximum atomic E-state index is 4.93. The van der Waals surface area contributed by atoms with Crippen LogP contribution in [0.25, 0.3) is 10.6 Å². The largest absolute Gasteiger partial charge is 0.309 e. The molecule has 0 fully saturated rings. The Morgan fingerprint density at radius 1 is 1.43 bits per heavy atom. The smallest absolute Gasteiger partial charge is 0.124 e. The lowest BCUT2D eigenvalue weighted by molar-refractivity contribution is 0.465. The summed E-state index contributed by atoms with van der Waals surface area (Å²) in [6.45, 7) is 5.47. The number of halogens is 1. The van der Waals surface area contributed by atoms with Gasteiger partial charge in [0.15, 0.2) is 0 Å². The fourth-order valence-electron chi connectivity index (χ4n) is 2.92. The quantitative estimate of drug-likeness (QED) is 0.800. The molecule has 1 aromatic carbocycles. The van der Waals surface area contributed by atoms with E-state index in [1.54, 1.807) is 0 Å². The third-order valence-electron chi connectivity index (χ3n) is 4.01. The van der Waals surface area contributed by atoms with Crippen LogP contribution in [-0.4, -0.2) is 11.5 Å². The molecule has 1 aromatic heterocycles. The summed E-state index contributed by atoms with van der Waals surface area (Å²) in [7, 11) is 0. The number of nitrogens with one attached hydrogen (secondary N) is 1. The van der Waals surface area contributed by atoms with Crippen LogP contribution in [0.3, 0.4) is 0 Å². The number of aryl methyl sites for hydroxylation is 2. The van der Waals surface area contributed by atoms with Crippen LogP contribution in [0, 0.1) is 6.92 Å². The standard InChI is InChI=1S/C17H21BrN2S/c1-3-9-19-14-5-4-6-15-16(14)21-17(20-15)13-8-7-12(18)10-11(13)2/h7-8,10,14,19H,3-6,9H2,1-2H3. The van der Waals surface area contributed by atoms with Crippen LogP contribution in [0.1, 0.15) is 48.4 Å². The molecule has 21 heavy (non-hydrogen) atoms. The zero-order valence-corrected chi connectivity index (χ0v) is 15.0. The minimum absolute atomic E-state index is 0.510. The number of rotatable bonds is 4. The Hall–Kier alpha value is -0.710. The molecule has 4 heteroatoms. The second kappa shape index (κ2) is 6.59. The molecule has 0 saturated heterocycles. The third kappa shape index (κ3) is 3.22. The van der Waals surface area contributed by atoms with Crippen LogP contribution >= 0.6 is 27.3 Å². The summed E-state index contributed by atoms with van der Waals surface area (Å²) >= 11 is 5.41. The Balaban J connectivity index is 1.94. The summed E-state index contributed by atoms with van der Waals surface area (Å²) in [4.78, 5) is 6.40. The van der Waals surface area contributed by atoms with Gasteiger partial charge < -0.3 is 5.32 Å². The Bertz CT molecular complexity index is 636. The first-order chi connectivity index (χ1) is 10.2. The molecule has 1 aliphatic rings. The summed E-state index contributed by atoms with van der Waals surface area (Å²) in [5.74, 6) is 0. The molecule has 2 nitrogen and oxygen atoms in total. The van der Waals surface area contributed by atoms with Crippen LogP contribution in [-0.2, 0) is 6.42 Å². The molecule has 112 valence electrons. The van der Waals surface area contributed by atoms with E-state index in [1.807, 2.05) is 11.3 Å². The van der Waals surface area contributed by atoms with Gasteiger partial charge in [-0.2, -0.15) is 0 Å². The number of hydrogen-bond acceptors (Lipinski definition) is 3. The van der Waals surface area contributed by atoms with Crippen molar-refractivity contribution in [2.24, 2.45) is 0 Å². The van der Waals surface area contributed by atoms with E-state index in [4.69, 9.17) is 4.98 Å². The first-order valence-electron chi connectivity index (χ1n) is 7.68. The van der Waals surface area contributed by atoms with E-state index in [-0.39, 0.29) is 0 Å². The molecule has 1 aliphatic carbocycles. The van der Waals surface area contributed by atoms with Crippen LogP contribution < -0.4 is 5.32 Å². The van der Waals surface area contributed by atoms with Crippen LogP contribution in [0.2, 0.25) is 0 Å². The average molecular weight is 365 g/mol. The molecule has 0 aliphatic heterocycles. The highest BCUT2D eigenvalue weighted by molar-refractivity contribution is 9.10. The van der Waals surface area contributed by atoms with Crippen molar-refractivity contribution >= 4 is 27.3 Å². The summed E-state index contributed by atoms with van der Waals surface area (Å²) in [5, 5.41) is 4.86. The normalized spacial score (nSPS) is 17.8. The second-order valence-electron chi connectivity index (χ2n) is 5.69. The summed E-state index contributed by atoms with van der Waals surface area (Å²) in [5.41, 5.74) is 3.87. The molecule has 1 N–H and O–H groups in total. The monoisotopic (exact) mass is 364 g/mol. The molecular weight excluding hydrogens is 344 g/mol. The second-order valence-corrected chi connectivity index (χ2v) is 7.63. The highest BCUT2D eigenvalue weighted by atomic mass is 79.9. The van der Waals surface area contributed by atoms with E-state index in [2.05, 4.69) is 53.3 Å². The lowest BCUT2D eigenvalue weighted by Crippen LogP contribution is -2.24. The minimum Gasteiger partial charge on any atom is -0.309 e. The van der Waals surface area contributed by atoms with E-state index in [1.165, 1.54) is 46.0 Å². The van der Waals surface area contributed by atoms with Crippen LogP contribution in [0.5, 0.6) is 0 Å². The first kappa shape index (κ1) is 15.2. The van der Waals surface area contributed by atoms with Gasteiger partial charge in [-0.15, -0.1) is 11.3 Å². The van der Waals surface area contributed by atoms with Gasteiger partial charge in [-0.3, -0.25) is 0 Å². The average Bonchev–Trinajstić information content (AvgIpc) is 2.89. The molecule has 1 atom stereocenters. The third-order valence-corrected chi connectivity index (χ3v) is 5.75. The topological polar surface area (TPSA) is 24.9 Å². The van der Waals surface area contributed by atoms with Crippen molar-refractivity contribution in [2.75, 3.05) is 6.54 Å². The minimum atomic E-state index is 0.510. The molecule has 0 saturated carbocycles. The van der Waals surface area contributed by atoms with E-state index >= 15 is 0 Å². The van der Waals surface area contributed by atoms with Crippen molar-refractivity contribution < 1.29 is 0 Å². The van der Waals surface area contributed by atoms with Gasteiger partial charge in [0, 0.05) is 21.0 Å². The first-order valence-corrected chi connectivity index (χ1v) is 9.29. The van der Waals surface area contributed by atoms with Crippen molar-refractivity contribution in [3.8, 4) is 10.6 Å². The van der Waals surface area contributed by atoms with Crippen molar-refractivity contribution in [2.45, 2.75) is 45.6 Å². The molecule has 3 rings (SSSR count). The van der Waals surface area contributed by atoms with E-state index < -0.39 is 0 Å². The van der Waals surface area contributed by atoms with Crippen LogP contribution in [0.4, 0.5) is 0 Å². The van der Waals surface area contributed by atoms with E-state index in [0.717, 1.165) is 17.4 Å². The highest BCUT2D eigenvalue weighted by Crippen LogP contribution is 2.39. The Morgan fingerprint density at radius 3 is 3.05 bits per heavy atom. The SMILES string of the molecule is CCCNC1CCCc2nc(-c3ccc(Br)cc3C)sc21. The van der Waals surface area contributed by atoms with Gasteiger partial charge in [0.25, 0.3) is 0 Å². The maximum absolute atomic E-state index is 4.93. The fraction of sp³-hybridized carbons (Fsp3) is 0.471. The Kier molecular flexibility index (Phi) is 4.77. The number of aromatic nitrogens is 1. The number of nitrogens with zero attached hydrogens (tertiary/aromatic N) is 1. The molecule has 2 aromatic rings.